The molecule has 2 rings (SSSR count). The van der Waals surface area contributed by atoms with Crippen LogP contribution in [0, 0.1) is 0 Å². The molecule has 19 heavy (non-hydrogen) atoms. The lowest BCUT2D eigenvalue weighted by atomic mass is 9.84. The smallest absolute Gasteiger partial charge is 0.122 e. The summed E-state index contributed by atoms with van der Waals surface area (Å²) >= 11 is 0. The first-order valence-corrected chi connectivity index (χ1v) is 6.65. The SMILES string of the molecule is COc1ccccc1CC(O)C1(OC)CCOCC1. The van der Waals surface area contributed by atoms with Crippen molar-refractivity contribution in [2.75, 3.05) is 27.4 Å². The lowest BCUT2D eigenvalue weighted by Gasteiger charge is -2.39. The summed E-state index contributed by atoms with van der Waals surface area (Å²) in [5.74, 6) is 0.805. The summed E-state index contributed by atoms with van der Waals surface area (Å²) in [6.07, 6.45) is 1.41. The fourth-order valence-corrected chi connectivity index (χ4v) is 2.66. The van der Waals surface area contributed by atoms with E-state index in [9.17, 15) is 5.11 Å². The summed E-state index contributed by atoms with van der Waals surface area (Å²) in [4.78, 5) is 0. The zero-order chi connectivity index (χ0) is 13.7. The predicted molar refractivity (Wildman–Crippen MR) is 72.5 cm³/mol. The van der Waals surface area contributed by atoms with Crippen LogP contribution >= 0.6 is 0 Å². The topological polar surface area (TPSA) is 47.9 Å². The Morgan fingerprint density at radius 2 is 1.95 bits per heavy atom. The monoisotopic (exact) mass is 266 g/mol. The summed E-state index contributed by atoms with van der Waals surface area (Å²) < 4.78 is 16.3. The summed E-state index contributed by atoms with van der Waals surface area (Å²) in [6, 6.07) is 7.76. The molecule has 1 fully saturated rings. The Morgan fingerprint density at radius 3 is 2.58 bits per heavy atom. The van der Waals surface area contributed by atoms with Crippen LogP contribution in [-0.2, 0) is 15.9 Å². The van der Waals surface area contributed by atoms with Crippen molar-refractivity contribution in [3.8, 4) is 5.75 Å². The lowest BCUT2D eigenvalue weighted by molar-refractivity contribution is -0.151. The maximum absolute atomic E-state index is 10.6. The van der Waals surface area contributed by atoms with Gasteiger partial charge in [0.05, 0.1) is 18.8 Å². The van der Waals surface area contributed by atoms with Crippen LogP contribution in [0.1, 0.15) is 18.4 Å². The third-order valence-corrected chi connectivity index (χ3v) is 3.96. The van der Waals surface area contributed by atoms with Gasteiger partial charge in [0.25, 0.3) is 0 Å². The lowest BCUT2D eigenvalue weighted by Crippen LogP contribution is -2.49. The van der Waals surface area contributed by atoms with E-state index in [1.54, 1.807) is 14.2 Å². The average Bonchev–Trinajstić information content (AvgIpc) is 2.48. The molecule has 1 atom stereocenters. The first-order valence-electron chi connectivity index (χ1n) is 6.65. The molecule has 0 spiro atoms. The highest BCUT2D eigenvalue weighted by atomic mass is 16.5. The zero-order valence-corrected chi connectivity index (χ0v) is 11.6. The molecule has 0 amide bonds. The highest BCUT2D eigenvalue weighted by molar-refractivity contribution is 5.34. The van der Waals surface area contributed by atoms with Crippen LogP contribution in [0.5, 0.6) is 5.75 Å². The molecule has 1 unspecified atom stereocenters. The van der Waals surface area contributed by atoms with E-state index in [2.05, 4.69) is 0 Å². The molecule has 106 valence electrons. The summed E-state index contributed by atoms with van der Waals surface area (Å²) in [5, 5.41) is 10.6. The van der Waals surface area contributed by atoms with Crippen LogP contribution in [0.2, 0.25) is 0 Å². The van der Waals surface area contributed by atoms with E-state index in [0.29, 0.717) is 19.6 Å². The van der Waals surface area contributed by atoms with Gasteiger partial charge < -0.3 is 19.3 Å². The van der Waals surface area contributed by atoms with Crippen LogP contribution in [0.15, 0.2) is 24.3 Å². The summed E-state index contributed by atoms with van der Waals surface area (Å²) in [7, 11) is 3.31. The molecule has 4 heteroatoms. The van der Waals surface area contributed by atoms with Crippen molar-refractivity contribution in [2.45, 2.75) is 31.0 Å². The van der Waals surface area contributed by atoms with Crippen molar-refractivity contribution in [1.29, 1.82) is 0 Å². The van der Waals surface area contributed by atoms with Crippen LogP contribution < -0.4 is 4.74 Å². The third-order valence-electron chi connectivity index (χ3n) is 3.96. The van der Waals surface area contributed by atoms with Crippen LogP contribution in [0.3, 0.4) is 0 Å². The summed E-state index contributed by atoms with van der Waals surface area (Å²) in [6.45, 7) is 1.27. The molecule has 0 bridgehead atoms. The highest BCUT2D eigenvalue weighted by Gasteiger charge is 2.39. The van der Waals surface area contributed by atoms with E-state index in [-0.39, 0.29) is 0 Å². The van der Waals surface area contributed by atoms with Crippen LogP contribution in [-0.4, -0.2) is 44.2 Å². The Labute approximate surface area is 114 Å². The van der Waals surface area contributed by atoms with E-state index >= 15 is 0 Å². The minimum absolute atomic E-state index is 0.501. The van der Waals surface area contributed by atoms with E-state index in [1.165, 1.54) is 0 Å². The number of benzene rings is 1. The number of aliphatic hydroxyl groups is 1. The molecular formula is C15H22O4. The largest absolute Gasteiger partial charge is 0.496 e. The van der Waals surface area contributed by atoms with Crippen LogP contribution in [0.25, 0.3) is 0 Å². The van der Waals surface area contributed by atoms with Crippen molar-refractivity contribution in [2.24, 2.45) is 0 Å². The summed E-state index contributed by atoms with van der Waals surface area (Å²) in [5.41, 5.74) is 0.499. The molecule has 1 aromatic rings. The molecule has 1 aromatic carbocycles. The third kappa shape index (κ3) is 3.08. The van der Waals surface area contributed by atoms with Gasteiger partial charge in [0, 0.05) is 39.6 Å². The number of ether oxygens (including phenoxy) is 3. The number of rotatable bonds is 5. The molecule has 0 radical (unpaired) electrons. The van der Waals surface area contributed by atoms with Gasteiger partial charge in [0.15, 0.2) is 0 Å². The second kappa shape index (κ2) is 6.37. The van der Waals surface area contributed by atoms with Crippen LogP contribution in [0.4, 0.5) is 0 Å². The number of aliphatic hydroxyl groups excluding tert-OH is 1. The van der Waals surface area contributed by atoms with Crippen molar-refractivity contribution >= 4 is 0 Å². The minimum Gasteiger partial charge on any atom is -0.496 e. The average molecular weight is 266 g/mol. The van der Waals surface area contributed by atoms with Crippen molar-refractivity contribution < 1.29 is 19.3 Å². The van der Waals surface area contributed by atoms with Gasteiger partial charge in [-0.1, -0.05) is 18.2 Å². The second-order valence-electron chi connectivity index (χ2n) is 4.91. The van der Waals surface area contributed by atoms with Gasteiger partial charge in [0.2, 0.25) is 0 Å². The molecular weight excluding hydrogens is 244 g/mol. The molecule has 1 heterocycles. The predicted octanol–water partition coefficient (Wildman–Crippen LogP) is 1.79. The van der Waals surface area contributed by atoms with Gasteiger partial charge in [-0.3, -0.25) is 0 Å². The fourth-order valence-electron chi connectivity index (χ4n) is 2.66. The Kier molecular flexibility index (Phi) is 4.80. The van der Waals surface area contributed by atoms with E-state index in [1.807, 2.05) is 24.3 Å². The number of methoxy groups -OCH3 is 2. The van der Waals surface area contributed by atoms with Crippen molar-refractivity contribution in [3.05, 3.63) is 29.8 Å². The number of hydrogen-bond donors (Lipinski definition) is 1. The zero-order valence-electron chi connectivity index (χ0n) is 11.6. The van der Waals surface area contributed by atoms with E-state index in [4.69, 9.17) is 14.2 Å². The van der Waals surface area contributed by atoms with Gasteiger partial charge in [-0.15, -0.1) is 0 Å². The Morgan fingerprint density at radius 1 is 1.26 bits per heavy atom. The molecule has 1 aliphatic rings. The van der Waals surface area contributed by atoms with Gasteiger partial charge in [-0.25, -0.2) is 0 Å². The molecule has 4 nitrogen and oxygen atoms in total. The Balaban J connectivity index is 2.12. The molecule has 0 aromatic heterocycles. The second-order valence-corrected chi connectivity index (χ2v) is 4.91. The minimum atomic E-state index is -0.558. The maximum Gasteiger partial charge on any atom is 0.122 e. The molecule has 0 aliphatic carbocycles. The first kappa shape index (κ1) is 14.3. The normalized spacial score (nSPS) is 19.9. The highest BCUT2D eigenvalue weighted by Crippen LogP contribution is 2.31. The fraction of sp³-hybridized carbons (Fsp3) is 0.600. The first-order chi connectivity index (χ1) is 9.22. The Hall–Kier alpha value is -1.10. The number of hydrogen-bond acceptors (Lipinski definition) is 4. The number of para-hydroxylation sites is 1. The Bertz CT molecular complexity index is 399. The molecule has 1 aliphatic heterocycles. The quantitative estimate of drug-likeness (QED) is 0.882. The molecule has 1 N–H and O–H groups in total. The van der Waals surface area contributed by atoms with Crippen molar-refractivity contribution in [1.82, 2.24) is 0 Å². The molecule has 0 saturated carbocycles. The molecule has 1 saturated heterocycles. The van der Waals surface area contributed by atoms with Gasteiger partial charge >= 0.3 is 0 Å². The van der Waals surface area contributed by atoms with E-state index in [0.717, 1.165) is 24.2 Å². The van der Waals surface area contributed by atoms with E-state index < -0.39 is 11.7 Å². The van der Waals surface area contributed by atoms with Gasteiger partial charge in [0.1, 0.15) is 5.75 Å². The van der Waals surface area contributed by atoms with Gasteiger partial charge in [-0.05, 0) is 11.6 Å². The van der Waals surface area contributed by atoms with Crippen molar-refractivity contribution in [3.63, 3.8) is 0 Å². The standard InChI is InChI=1S/C15H22O4/c1-17-13-6-4-3-5-12(13)11-14(16)15(18-2)7-9-19-10-8-15/h3-6,14,16H,7-11H2,1-2H3. The maximum atomic E-state index is 10.6. The van der Waals surface area contributed by atoms with Gasteiger partial charge in [-0.2, -0.15) is 0 Å².